The van der Waals surface area contributed by atoms with Crippen LogP contribution in [0.3, 0.4) is 0 Å². The summed E-state index contributed by atoms with van der Waals surface area (Å²) in [5, 5.41) is 6.99. The van der Waals surface area contributed by atoms with Gasteiger partial charge in [0.25, 0.3) is 0 Å². The van der Waals surface area contributed by atoms with Crippen LogP contribution in [0.5, 0.6) is 0 Å². The van der Waals surface area contributed by atoms with E-state index in [9.17, 15) is 0 Å². The van der Waals surface area contributed by atoms with Gasteiger partial charge in [-0.25, -0.2) is 6.08 Å². The van der Waals surface area contributed by atoms with Gasteiger partial charge in [-0.15, -0.1) is 39.7 Å². The molecule has 0 heterocycles. The third-order valence-corrected chi connectivity index (χ3v) is 9.77. The number of rotatable bonds is 5. The fourth-order valence-corrected chi connectivity index (χ4v) is 6.30. The van der Waals surface area contributed by atoms with E-state index < -0.39 is 0 Å². The number of allylic oxidation sites excluding steroid dienone is 4. The molecule has 0 saturated heterocycles. The molecule has 240 valence electrons. The minimum absolute atomic E-state index is 0. The first-order valence-electron chi connectivity index (χ1n) is 15.4. The van der Waals surface area contributed by atoms with Gasteiger partial charge in [-0.3, -0.25) is 6.08 Å². The summed E-state index contributed by atoms with van der Waals surface area (Å²) >= 11 is 13.1. The number of benzene rings is 4. The largest absolute Gasteiger partial charge is 1.00 e. The first-order valence-corrected chi connectivity index (χ1v) is 17.4. The molecular weight excluding hydrogens is 725 g/mol. The molecule has 1 unspecified atom stereocenters. The summed E-state index contributed by atoms with van der Waals surface area (Å²) in [5.41, 5.74) is 6.83. The summed E-state index contributed by atoms with van der Waals surface area (Å²) in [6.07, 6.45) is 11.9. The van der Waals surface area contributed by atoms with Gasteiger partial charge in [0, 0.05) is 0 Å². The van der Waals surface area contributed by atoms with Gasteiger partial charge in [0.05, 0.1) is 0 Å². The number of hydrogen-bond donors (Lipinski definition) is 0. The molecular formula is C41H42Cl4Zr-2. The minimum Gasteiger partial charge on any atom is -1.00 e. The fraction of sp³-hybridized carbons (Fsp3) is 0.268. The van der Waals surface area contributed by atoms with Gasteiger partial charge in [0.1, 0.15) is 0 Å². The van der Waals surface area contributed by atoms with Gasteiger partial charge in [-0.2, -0.15) is 11.6 Å². The second kappa shape index (κ2) is 18.6. The van der Waals surface area contributed by atoms with E-state index in [1.165, 1.54) is 96.1 Å². The van der Waals surface area contributed by atoms with Gasteiger partial charge in [0.15, 0.2) is 0 Å². The first kappa shape index (κ1) is 40.3. The van der Waals surface area contributed by atoms with Crippen molar-refractivity contribution >= 4 is 48.0 Å². The van der Waals surface area contributed by atoms with E-state index in [1.54, 1.807) is 0 Å². The second-order valence-electron chi connectivity index (χ2n) is 12.6. The number of unbranched alkanes of at least 4 members (excludes halogenated alkanes) is 1. The third kappa shape index (κ3) is 11.4. The zero-order chi connectivity index (χ0) is 31.9. The Balaban J connectivity index is 0.000000236. The Bertz CT molecular complexity index is 1660. The summed E-state index contributed by atoms with van der Waals surface area (Å²) in [6, 6.07) is 31.4. The van der Waals surface area contributed by atoms with E-state index in [1.807, 2.05) is 48.5 Å². The molecule has 0 radical (unpaired) electrons. The second-order valence-corrected chi connectivity index (χ2v) is 14.7. The molecule has 0 saturated carbocycles. The smallest absolute Gasteiger partial charge is 1.00 e. The van der Waals surface area contributed by atoms with Crippen molar-refractivity contribution in [2.24, 2.45) is 11.3 Å². The topological polar surface area (TPSA) is 0 Å². The molecule has 1 atom stereocenters. The number of aryl methyl sites for hydroxylation is 2. The molecule has 0 N–H and O–H groups in total. The molecule has 1 aliphatic rings. The zero-order valence-corrected chi connectivity index (χ0v) is 33.0. The van der Waals surface area contributed by atoms with Crippen molar-refractivity contribution in [1.29, 1.82) is 0 Å². The van der Waals surface area contributed by atoms with Gasteiger partial charge in [-0.05, 0) is 13.8 Å². The average Bonchev–Trinajstić information content (AvgIpc) is 3.61. The van der Waals surface area contributed by atoms with Crippen LogP contribution < -0.4 is 24.8 Å². The predicted molar refractivity (Wildman–Crippen MR) is 191 cm³/mol. The van der Waals surface area contributed by atoms with Crippen molar-refractivity contribution in [3.8, 4) is 0 Å². The number of halogens is 4. The molecule has 0 aromatic heterocycles. The molecule has 0 amide bonds. The average molecular weight is 768 g/mol. The van der Waals surface area contributed by atoms with E-state index in [0.29, 0.717) is 11.3 Å². The van der Waals surface area contributed by atoms with E-state index in [2.05, 4.69) is 102 Å². The summed E-state index contributed by atoms with van der Waals surface area (Å²) in [4.78, 5) is 0. The Morgan fingerprint density at radius 3 is 1.61 bits per heavy atom. The molecule has 5 aromatic rings. The molecule has 5 heteroatoms. The van der Waals surface area contributed by atoms with Crippen molar-refractivity contribution < 1.29 is 49.0 Å². The number of hydrogen-bond acceptors (Lipinski definition) is 0. The van der Waals surface area contributed by atoms with Crippen molar-refractivity contribution in [1.82, 2.24) is 0 Å². The van der Waals surface area contributed by atoms with Crippen LogP contribution in [0.15, 0.2) is 109 Å². The van der Waals surface area contributed by atoms with E-state index in [4.69, 9.17) is 23.2 Å². The quantitative estimate of drug-likeness (QED) is 0.178. The summed E-state index contributed by atoms with van der Waals surface area (Å²) < 4.78 is 1.31. The molecule has 46 heavy (non-hydrogen) atoms. The Morgan fingerprint density at radius 1 is 0.761 bits per heavy atom. The van der Waals surface area contributed by atoms with Crippen molar-refractivity contribution in [3.05, 3.63) is 147 Å². The monoisotopic (exact) mass is 764 g/mol. The molecule has 6 rings (SSSR count). The Hall–Kier alpha value is -1.86. The molecule has 1 aliphatic carbocycles. The van der Waals surface area contributed by atoms with Crippen LogP contribution in [0.2, 0.25) is 10.0 Å². The molecule has 0 fully saturated rings. The van der Waals surface area contributed by atoms with Crippen LogP contribution in [-0.4, -0.2) is 3.21 Å². The van der Waals surface area contributed by atoms with Gasteiger partial charge in [-0.1, -0.05) is 93.7 Å². The molecule has 0 spiro atoms. The molecule has 0 nitrogen and oxygen atoms in total. The van der Waals surface area contributed by atoms with E-state index in [-0.39, 0.29) is 24.8 Å². The summed E-state index contributed by atoms with van der Waals surface area (Å²) in [6.45, 7) is 13.3. The maximum absolute atomic E-state index is 5.86. The van der Waals surface area contributed by atoms with Crippen molar-refractivity contribution in [2.75, 3.05) is 0 Å². The van der Waals surface area contributed by atoms with Crippen LogP contribution >= 0.6 is 23.2 Å². The minimum atomic E-state index is 0. The van der Waals surface area contributed by atoms with E-state index >= 15 is 0 Å². The van der Waals surface area contributed by atoms with Crippen LogP contribution in [-0.2, 0) is 24.2 Å². The maximum Gasteiger partial charge on any atom is -1.00 e. The summed E-state index contributed by atoms with van der Waals surface area (Å²) in [5.74, 6) is 0.592. The van der Waals surface area contributed by atoms with Crippen LogP contribution in [0.4, 0.5) is 0 Å². The Kier molecular flexibility index (Phi) is 16.3. The SMILES string of the molecule is CCCCC1[C-]=CC(C(C)(C)C)=C1.Cc1ccc2c(c1)[cH-]c1cc(C)ccc12.Clc1ccc([C](=[Zr+2])c2ccc(Cl)cc2)cc1.[Cl-].[Cl-]. The van der Waals surface area contributed by atoms with Gasteiger partial charge < -0.3 is 24.8 Å². The molecule has 0 aliphatic heterocycles. The van der Waals surface area contributed by atoms with Gasteiger partial charge in [0.2, 0.25) is 0 Å². The maximum atomic E-state index is 5.86. The molecule has 5 aromatic carbocycles. The van der Waals surface area contributed by atoms with Crippen LogP contribution in [0, 0.1) is 31.3 Å². The zero-order valence-electron chi connectivity index (χ0n) is 27.5. The summed E-state index contributed by atoms with van der Waals surface area (Å²) in [7, 11) is 0. The van der Waals surface area contributed by atoms with Crippen LogP contribution in [0.1, 0.15) is 69.2 Å². The predicted octanol–water partition coefficient (Wildman–Crippen LogP) is 6.58. The Labute approximate surface area is 313 Å². The standard InChI is InChI=1S/C15H13.C13H8Cl2.C13H21.2ClH.Zr/c1-10-3-5-14-12(7-10)9-13-8-11(2)4-6-15(13)14;14-12-5-1-10(2-6-12)9-11-3-7-13(15)8-4-11;1-5-6-7-11-8-9-12(10-11)13(2,3)4;;;/h3-9H,1-2H3;1-8H;9-11H,5-7H2,1-4H3;2*1H;/q-1;;-1;;;+2/p-2. The Morgan fingerprint density at radius 2 is 1.22 bits per heavy atom. The van der Waals surface area contributed by atoms with Crippen molar-refractivity contribution in [2.45, 2.75) is 60.8 Å². The first-order chi connectivity index (χ1) is 20.9. The van der Waals surface area contributed by atoms with Crippen LogP contribution in [0.25, 0.3) is 21.5 Å². The number of fused-ring (bicyclic) bond motifs is 3. The molecule has 0 bridgehead atoms. The third-order valence-electron chi connectivity index (χ3n) is 7.85. The van der Waals surface area contributed by atoms with Crippen molar-refractivity contribution in [3.63, 3.8) is 0 Å². The van der Waals surface area contributed by atoms with E-state index in [0.717, 1.165) is 10.0 Å². The van der Waals surface area contributed by atoms with Gasteiger partial charge >= 0.3 is 120 Å². The fourth-order valence-electron chi connectivity index (χ4n) is 5.23. The normalized spacial score (nSPS) is 13.5.